The molecule has 5 rings (SSSR count). The molecule has 1 amide bonds. The monoisotopic (exact) mass is 1410 g/mol. The number of allylic oxidation sites excluding steroid dienone is 12. The Morgan fingerprint density at radius 3 is 1.81 bits per heavy atom. The molecule has 33 heteroatoms. The fraction of sp³-hybridized carbons (Fsp3) is 0.754. The van der Waals surface area contributed by atoms with Gasteiger partial charge in [0.25, 0.3) is 0 Å². The Balaban J connectivity index is 1.46. The first-order valence-corrected chi connectivity index (χ1v) is 32.9. The van der Waals surface area contributed by atoms with Gasteiger partial charge >= 0.3 is 5.97 Å². The van der Waals surface area contributed by atoms with Crippen molar-refractivity contribution in [2.75, 3.05) is 32.9 Å². The Hall–Kier alpha value is -4.04. The lowest BCUT2D eigenvalue weighted by atomic mass is 9.82. The molecule has 0 aromatic carbocycles. The number of cyclic esters (lactones) is 1. The number of aliphatic hydroxyl groups is 22. The van der Waals surface area contributed by atoms with E-state index in [9.17, 15) is 122 Å². The molecular formula is C65H106N2O31. The van der Waals surface area contributed by atoms with E-state index in [1.807, 2.05) is 0 Å². The van der Waals surface area contributed by atoms with Gasteiger partial charge in [0.2, 0.25) is 11.7 Å². The zero-order valence-electron chi connectivity index (χ0n) is 55.1. The Labute approximate surface area is 567 Å². The van der Waals surface area contributed by atoms with Crippen LogP contribution < -0.4 is 10.6 Å². The molecule has 0 aromatic heterocycles. The van der Waals surface area contributed by atoms with E-state index in [2.05, 4.69) is 10.6 Å². The van der Waals surface area contributed by atoms with Crippen molar-refractivity contribution in [1.29, 1.82) is 0 Å². The largest absolute Gasteiger partial charge is 0.462 e. The quantitative estimate of drug-likeness (QED) is 0.0677. The van der Waals surface area contributed by atoms with Gasteiger partial charge < -0.3 is 156 Å². The number of rotatable bonds is 15. The van der Waals surface area contributed by atoms with Crippen LogP contribution in [0.2, 0.25) is 0 Å². The van der Waals surface area contributed by atoms with Crippen LogP contribution in [-0.2, 0) is 42.7 Å². The molecule has 0 radical (unpaired) electrons. The number of carbonyl (C=O) groups excluding carboxylic acids is 2. The van der Waals surface area contributed by atoms with Crippen LogP contribution in [0.4, 0.5) is 0 Å². The fourth-order valence-corrected chi connectivity index (χ4v) is 12.0. The van der Waals surface area contributed by atoms with Crippen LogP contribution >= 0.6 is 0 Å². The second-order valence-electron chi connectivity index (χ2n) is 26.1. The Morgan fingerprint density at radius 1 is 0.602 bits per heavy atom. The normalized spacial score (nSPS) is 42.7. The third kappa shape index (κ3) is 24.6. The number of hydrogen-bond donors (Lipinski definition) is 24. The lowest BCUT2D eigenvalue weighted by Gasteiger charge is -2.48. The van der Waals surface area contributed by atoms with Crippen molar-refractivity contribution in [3.63, 3.8) is 0 Å². The molecule has 5 aliphatic heterocycles. The number of aliphatic hydroxyl groups excluding tert-OH is 20. The number of esters is 1. The third-order valence-electron chi connectivity index (χ3n) is 18.2. The van der Waals surface area contributed by atoms with Crippen LogP contribution in [0.15, 0.2) is 85.1 Å². The van der Waals surface area contributed by atoms with Crippen LogP contribution in [0.5, 0.6) is 0 Å². The number of nitrogens with one attached hydrogen (secondary N) is 2. The number of hydrogen-bond acceptors (Lipinski definition) is 32. The predicted octanol–water partition coefficient (Wildman–Crippen LogP) is -7.56. The topological polar surface area (TPSA) is 568 Å². The average Bonchev–Trinajstić information content (AvgIpc) is 0.791. The number of amides is 1. The molecule has 0 saturated carbocycles. The van der Waals surface area contributed by atoms with Crippen LogP contribution in [0, 0.1) is 17.8 Å². The first-order valence-electron chi connectivity index (χ1n) is 32.9. The maximum absolute atomic E-state index is 14.3. The van der Waals surface area contributed by atoms with Gasteiger partial charge in [0.1, 0.15) is 73.2 Å². The molecule has 4 fully saturated rings. The van der Waals surface area contributed by atoms with Gasteiger partial charge in [-0.1, -0.05) is 98.9 Å². The molecule has 0 aliphatic carbocycles. The van der Waals surface area contributed by atoms with Gasteiger partial charge in [-0.3, -0.25) is 9.59 Å². The molecule has 0 spiro atoms. The van der Waals surface area contributed by atoms with Crippen molar-refractivity contribution in [3.05, 3.63) is 85.1 Å². The van der Waals surface area contributed by atoms with Crippen molar-refractivity contribution < 1.29 is 155 Å². The highest BCUT2D eigenvalue weighted by Gasteiger charge is 2.55. The van der Waals surface area contributed by atoms with Crippen molar-refractivity contribution in [2.24, 2.45) is 17.8 Å². The maximum Gasteiger partial charge on any atom is 0.308 e. The van der Waals surface area contributed by atoms with E-state index in [1.54, 1.807) is 87.6 Å². The van der Waals surface area contributed by atoms with Gasteiger partial charge in [-0.15, -0.1) is 0 Å². The first-order chi connectivity index (χ1) is 46.1. The third-order valence-corrected chi connectivity index (χ3v) is 18.2. The Bertz CT molecular complexity index is 2600. The van der Waals surface area contributed by atoms with E-state index >= 15 is 0 Å². The smallest absolute Gasteiger partial charge is 0.308 e. The molecule has 0 aromatic rings. The van der Waals surface area contributed by atoms with Gasteiger partial charge in [-0.25, -0.2) is 0 Å². The molecule has 98 heavy (non-hydrogen) atoms. The minimum atomic E-state index is -2.74. The highest BCUT2D eigenvalue weighted by atomic mass is 16.7. The lowest BCUT2D eigenvalue weighted by molar-refractivity contribution is -0.368. The molecule has 33 nitrogen and oxygen atoms in total. The molecule has 5 aliphatic rings. The highest BCUT2D eigenvalue weighted by Crippen LogP contribution is 2.39. The maximum atomic E-state index is 14.3. The van der Waals surface area contributed by atoms with E-state index in [-0.39, 0.29) is 25.2 Å². The summed E-state index contributed by atoms with van der Waals surface area (Å²) in [6.07, 6.45) is -25.4. The van der Waals surface area contributed by atoms with Crippen LogP contribution in [-0.4, -0.2) is 334 Å². The Kier molecular flexibility index (Phi) is 34.6. The zero-order chi connectivity index (χ0) is 72.9. The fourth-order valence-electron chi connectivity index (χ4n) is 12.0. The molecule has 24 N–H and O–H groups in total. The van der Waals surface area contributed by atoms with Gasteiger partial charge in [-0.05, 0) is 33.1 Å². The summed E-state index contributed by atoms with van der Waals surface area (Å²) >= 11 is 0. The summed E-state index contributed by atoms with van der Waals surface area (Å²) in [5.41, 5.74) is 0. The molecule has 2 bridgehead atoms. The second-order valence-corrected chi connectivity index (χ2v) is 26.1. The number of carbonyl (C=O) groups is 2. The summed E-state index contributed by atoms with van der Waals surface area (Å²) in [5, 5.41) is 244. The minimum Gasteiger partial charge on any atom is -0.462 e. The first kappa shape index (κ1) is 84.6. The summed E-state index contributed by atoms with van der Waals surface area (Å²) in [4.78, 5) is 27.1. The molecule has 32 atom stereocenters. The van der Waals surface area contributed by atoms with Crippen LogP contribution in [0.25, 0.3) is 0 Å². The second kappa shape index (κ2) is 40.1. The minimum absolute atomic E-state index is 0.215. The number of ether oxygens (including phenoxy) is 7. The van der Waals surface area contributed by atoms with E-state index < -0.39 is 265 Å². The van der Waals surface area contributed by atoms with Gasteiger partial charge in [0.15, 0.2) is 18.4 Å². The van der Waals surface area contributed by atoms with E-state index in [1.165, 1.54) is 25.2 Å². The van der Waals surface area contributed by atoms with Gasteiger partial charge in [0, 0.05) is 44.1 Å². The van der Waals surface area contributed by atoms with Gasteiger partial charge in [0.05, 0.1) is 118 Å². The zero-order valence-corrected chi connectivity index (χ0v) is 55.1. The van der Waals surface area contributed by atoms with Crippen molar-refractivity contribution in [1.82, 2.24) is 10.6 Å². The number of fused-ring (bicyclic) bond motifs is 2. The SMILES string of the molecule is CC1[C@H](C)OC(=O)C[C@H](O)C[C@H](O)CC[C@@H](O)[C@H](O)C[C@H](O)C[C@]2(O)C[C@H](O)C(C(=O)NCC(O)C(O)C(O)C(O)CO)C(C[C@@H](O[C@@H]3O[C@H](C)[C@@H](O)[C@H](NC[C@@]4(O)OC[C@@H](O)[C@@H](OC5O[C@H](CO)[C@@H](O)[C@H](O)[C@H]5O)[C@@H]4O)[C@@H]3O)C=CC=CC=CC=CC=CC=CC=C[C@H](C)[C@H]1O)O2. The summed E-state index contributed by atoms with van der Waals surface area (Å²) in [6, 6.07) is -1.56. The standard InChI is InChI=1S/C65H106N2O31/c1-32-17-15-13-11-9-7-5-6-8-10-12-14-16-18-39(95-62-56(85)50(52(81)35(4)94-62)67-31-65(91)60(88)59(45(78)30-92-65)97-63-58(87)57(86)55(84)47(29-69)96-63)24-46-49(61(89)66-27-43(76)53(82)54(83)44(77)28-68)42(75)26-64(90,98-46)25-38(72)22-41(74)40(73)20-19-36(70)21-37(71)23-48(79)93-34(3)33(2)51(32)80/h5-18,32-47,49-60,62-63,67-78,80-88,90-91H,19-31H2,1-4H3,(H,66,89)/t32-,33?,34-,35+,36+,37+,38-,39-,40+,41+,42-,43?,44?,45+,46?,47+,49?,50-,51+,52+,53?,54?,55+,56-,57-,58+,59+,60-,62-,63?,64+,65+/m0/s1. The predicted molar refractivity (Wildman–Crippen MR) is 339 cm³/mol. The van der Waals surface area contributed by atoms with E-state index in [0.29, 0.717) is 0 Å². The summed E-state index contributed by atoms with van der Waals surface area (Å²) in [6.45, 7) is 2.12. The molecule has 5 heterocycles. The molecule has 4 saturated heterocycles. The molecule has 562 valence electrons. The van der Waals surface area contributed by atoms with Crippen LogP contribution in [0.3, 0.4) is 0 Å². The average molecular weight is 1410 g/mol. The van der Waals surface area contributed by atoms with E-state index in [4.69, 9.17) is 33.2 Å². The van der Waals surface area contributed by atoms with Crippen LogP contribution in [0.1, 0.15) is 79.1 Å². The van der Waals surface area contributed by atoms with Gasteiger partial charge in [-0.2, -0.15) is 0 Å². The van der Waals surface area contributed by atoms with Crippen molar-refractivity contribution in [2.45, 2.75) is 256 Å². The van der Waals surface area contributed by atoms with E-state index in [0.717, 1.165) is 0 Å². The van der Waals surface area contributed by atoms with Crippen molar-refractivity contribution in [3.8, 4) is 0 Å². The molecular weight excluding hydrogens is 1300 g/mol. The lowest BCUT2D eigenvalue weighted by Crippen LogP contribution is -2.70. The molecule has 8 unspecified atom stereocenters. The summed E-state index contributed by atoms with van der Waals surface area (Å²) in [5.74, 6) is -9.89. The van der Waals surface area contributed by atoms with Crippen molar-refractivity contribution >= 4 is 11.9 Å². The Morgan fingerprint density at radius 2 is 1.19 bits per heavy atom. The highest BCUT2D eigenvalue weighted by molar-refractivity contribution is 5.80. The summed E-state index contributed by atoms with van der Waals surface area (Å²) < 4.78 is 40.4. The summed E-state index contributed by atoms with van der Waals surface area (Å²) in [7, 11) is 0.